The SMILES string of the molecule is NC(=O)C(CCCCNC(=O)c1ccc(F)cc1)NO. The highest BCUT2D eigenvalue weighted by atomic mass is 19.1. The monoisotopic (exact) mass is 283 g/mol. The molecule has 0 aliphatic carbocycles. The van der Waals surface area contributed by atoms with E-state index in [-0.39, 0.29) is 5.91 Å². The molecule has 0 aliphatic rings. The number of hydrogen-bond donors (Lipinski definition) is 4. The molecule has 5 N–H and O–H groups in total. The van der Waals surface area contributed by atoms with Crippen LogP contribution in [0.4, 0.5) is 4.39 Å². The molecule has 1 aromatic rings. The Bertz CT molecular complexity index is 451. The molecule has 2 amide bonds. The van der Waals surface area contributed by atoms with Crippen LogP contribution in [0.1, 0.15) is 29.6 Å². The van der Waals surface area contributed by atoms with Crippen LogP contribution < -0.4 is 16.5 Å². The summed E-state index contributed by atoms with van der Waals surface area (Å²) < 4.78 is 12.7. The van der Waals surface area contributed by atoms with Crippen LogP contribution in [0.3, 0.4) is 0 Å². The van der Waals surface area contributed by atoms with E-state index in [0.29, 0.717) is 31.4 Å². The van der Waals surface area contributed by atoms with Gasteiger partial charge in [-0.1, -0.05) is 0 Å². The Morgan fingerprint density at radius 1 is 1.25 bits per heavy atom. The lowest BCUT2D eigenvalue weighted by Gasteiger charge is -2.10. The molecule has 20 heavy (non-hydrogen) atoms. The zero-order valence-electron chi connectivity index (χ0n) is 10.9. The third kappa shape index (κ3) is 5.33. The molecule has 110 valence electrons. The van der Waals surface area contributed by atoms with E-state index in [9.17, 15) is 14.0 Å². The number of nitrogens with two attached hydrogens (primary N) is 1. The van der Waals surface area contributed by atoms with E-state index in [2.05, 4.69) is 5.32 Å². The van der Waals surface area contributed by atoms with Crippen LogP contribution in [0, 0.1) is 5.82 Å². The number of amides is 2. The maximum Gasteiger partial charge on any atom is 0.251 e. The fourth-order valence-electron chi connectivity index (χ4n) is 1.65. The molecule has 7 heteroatoms. The van der Waals surface area contributed by atoms with Crippen molar-refractivity contribution in [1.29, 1.82) is 0 Å². The number of nitrogens with one attached hydrogen (secondary N) is 2. The lowest BCUT2D eigenvalue weighted by Crippen LogP contribution is -2.39. The van der Waals surface area contributed by atoms with Crippen molar-refractivity contribution in [2.75, 3.05) is 6.54 Å². The van der Waals surface area contributed by atoms with E-state index in [1.807, 2.05) is 5.48 Å². The average Bonchev–Trinajstić information content (AvgIpc) is 2.42. The molecule has 0 heterocycles. The summed E-state index contributed by atoms with van der Waals surface area (Å²) in [6.07, 6.45) is 1.64. The molecule has 0 saturated heterocycles. The van der Waals surface area contributed by atoms with Gasteiger partial charge in [0.25, 0.3) is 5.91 Å². The van der Waals surface area contributed by atoms with Gasteiger partial charge in [-0.15, -0.1) is 0 Å². The molecule has 0 aromatic heterocycles. The average molecular weight is 283 g/mol. The highest BCUT2D eigenvalue weighted by molar-refractivity contribution is 5.94. The predicted octanol–water partition coefficient (Wildman–Crippen LogP) is 0.558. The number of primary amides is 1. The summed E-state index contributed by atoms with van der Waals surface area (Å²) in [5.41, 5.74) is 7.26. The van der Waals surface area contributed by atoms with Crippen molar-refractivity contribution in [3.8, 4) is 0 Å². The number of benzene rings is 1. The van der Waals surface area contributed by atoms with E-state index in [0.717, 1.165) is 0 Å². The van der Waals surface area contributed by atoms with Crippen molar-refractivity contribution in [2.45, 2.75) is 25.3 Å². The molecule has 1 rings (SSSR count). The fourth-order valence-corrected chi connectivity index (χ4v) is 1.65. The van der Waals surface area contributed by atoms with E-state index >= 15 is 0 Å². The molecule has 0 fully saturated rings. The van der Waals surface area contributed by atoms with Crippen molar-refractivity contribution in [1.82, 2.24) is 10.8 Å². The Morgan fingerprint density at radius 2 is 1.90 bits per heavy atom. The molecular formula is C13H18FN3O3. The fraction of sp³-hybridized carbons (Fsp3) is 0.385. The predicted molar refractivity (Wildman–Crippen MR) is 70.5 cm³/mol. The second-order valence-corrected chi connectivity index (χ2v) is 4.34. The minimum Gasteiger partial charge on any atom is -0.368 e. The van der Waals surface area contributed by atoms with Gasteiger partial charge in [0.15, 0.2) is 0 Å². The first-order valence-corrected chi connectivity index (χ1v) is 6.27. The number of rotatable bonds is 8. The molecule has 6 nitrogen and oxygen atoms in total. The van der Waals surface area contributed by atoms with Crippen LogP contribution >= 0.6 is 0 Å². The third-order valence-corrected chi connectivity index (χ3v) is 2.81. The van der Waals surface area contributed by atoms with Gasteiger partial charge in [0.05, 0.1) is 0 Å². The molecule has 0 saturated carbocycles. The van der Waals surface area contributed by atoms with E-state index in [1.54, 1.807) is 0 Å². The van der Waals surface area contributed by atoms with Gasteiger partial charge >= 0.3 is 0 Å². The summed E-state index contributed by atoms with van der Waals surface area (Å²) in [7, 11) is 0. The third-order valence-electron chi connectivity index (χ3n) is 2.81. The Labute approximate surface area is 116 Å². The zero-order valence-corrected chi connectivity index (χ0v) is 10.9. The molecule has 0 aliphatic heterocycles. The highest BCUT2D eigenvalue weighted by Gasteiger charge is 2.12. The first-order valence-electron chi connectivity index (χ1n) is 6.27. The zero-order chi connectivity index (χ0) is 15.0. The van der Waals surface area contributed by atoms with Gasteiger partial charge in [-0.05, 0) is 43.5 Å². The van der Waals surface area contributed by atoms with Gasteiger partial charge in [0.2, 0.25) is 5.91 Å². The van der Waals surface area contributed by atoms with Crippen LogP contribution in [-0.2, 0) is 4.79 Å². The molecule has 1 unspecified atom stereocenters. The Balaban J connectivity index is 2.22. The van der Waals surface area contributed by atoms with Crippen LogP contribution in [0.2, 0.25) is 0 Å². The van der Waals surface area contributed by atoms with Crippen molar-refractivity contribution >= 4 is 11.8 Å². The van der Waals surface area contributed by atoms with Gasteiger partial charge in [-0.25, -0.2) is 4.39 Å². The van der Waals surface area contributed by atoms with Crippen molar-refractivity contribution in [3.63, 3.8) is 0 Å². The quantitative estimate of drug-likeness (QED) is 0.413. The Kier molecular flexibility index (Phi) is 6.61. The molecule has 0 radical (unpaired) electrons. The van der Waals surface area contributed by atoms with Crippen LogP contribution in [0.25, 0.3) is 0 Å². The van der Waals surface area contributed by atoms with E-state index < -0.39 is 17.8 Å². The molecule has 1 aromatic carbocycles. The van der Waals surface area contributed by atoms with Crippen LogP contribution in [-0.4, -0.2) is 29.6 Å². The molecule has 0 bridgehead atoms. The summed E-state index contributed by atoms with van der Waals surface area (Å²) >= 11 is 0. The normalized spacial score (nSPS) is 11.9. The van der Waals surface area contributed by atoms with Crippen molar-refractivity contribution in [2.24, 2.45) is 5.73 Å². The first kappa shape index (κ1) is 16.1. The van der Waals surface area contributed by atoms with Crippen LogP contribution in [0.15, 0.2) is 24.3 Å². The number of halogens is 1. The topological polar surface area (TPSA) is 104 Å². The lowest BCUT2D eigenvalue weighted by molar-refractivity contribution is -0.122. The second-order valence-electron chi connectivity index (χ2n) is 4.34. The number of unbranched alkanes of at least 4 members (excludes halogenated alkanes) is 1. The maximum atomic E-state index is 12.7. The highest BCUT2D eigenvalue weighted by Crippen LogP contribution is 2.03. The van der Waals surface area contributed by atoms with Crippen LogP contribution in [0.5, 0.6) is 0 Å². The standard InChI is InChI=1S/C13H18FN3O3/c14-10-6-4-9(5-7-10)13(19)16-8-2-1-3-11(17-20)12(15)18/h4-7,11,17,20H,1-3,8H2,(H2,15,18)(H,16,19). The largest absolute Gasteiger partial charge is 0.368 e. The summed E-state index contributed by atoms with van der Waals surface area (Å²) in [6.45, 7) is 0.424. The first-order chi connectivity index (χ1) is 9.54. The minimum atomic E-state index is -0.775. The van der Waals surface area contributed by atoms with E-state index in [4.69, 9.17) is 10.9 Å². The van der Waals surface area contributed by atoms with Gasteiger partial charge in [-0.3, -0.25) is 9.59 Å². The second kappa shape index (κ2) is 8.23. The van der Waals surface area contributed by atoms with Gasteiger partial charge < -0.3 is 16.3 Å². The summed E-state index contributed by atoms with van der Waals surface area (Å²) in [6, 6.07) is 4.48. The van der Waals surface area contributed by atoms with Gasteiger partial charge in [0.1, 0.15) is 11.9 Å². The lowest BCUT2D eigenvalue weighted by atomic mass is 10.1. The smallest absolute Gasteiger partial charge is 0.251 e. The Morgan fingerprint density at radius 3 is 2.45 bits per heavy atom. The molecule has 1 atom stereocenters. The van der Waals surface area contributed by atoms with Crippen molar-refractivity contribution in [3.05, 3.63) is 35.6 Å². The number of hydroxylamine groups is 1. The summed E-state index contributed by atoms with van der Waals surface area (Å²) in [5, 5.41) is 11.3. The van der Waals surface area contributed by atoms with Crippen molar-refractivity contribution < 1.29 is 19.2 Å². The Hall–Kier alpha value is -1.99. The van der Waals surface area contributed by atoms with Gasteiger partial charge in [-0.2, -0.15) is 5.48 Å². The molecular weight excluding hydrogens is 265 g/mol. The number of hydrogen-bond acceptors (Lipinski definition) is 4. The molecule has 0 spiro atoms. The summed E-state index contributed by atoms with van der Waals surface area (Å²) in [5.74, 6) is -1.30. The number of carbonyl (C=O) groups is 2. The minimum absolute atomic E-state index is 0.281. The van der Waals surface area contributed by atoms with E-state index in [1.165, 1.54) is 24.3 Å². The van der Waals surface area contributed by atoms with Gasteiger partial charge in [0, 0.05) is 12.1 Å². The maximum absolute atomic E-state index is 12.7. The summed E-state index contributed by atoms with van der Waals surface area (Å²) in [4.78, 5) is 22.5. The number of carbonyl (C=O) groups excluding carboxylic acids is 2.